The van der Waals surface area contributed by atoms with Crippen LogP contribution in [0.4, 0.5) is 0 Å². The maximum Gasteiger partial charge on any atom is 0.286 e. The number of aromatic nitrogens is 1. The minimum atomic E-state index is -0.288. The van der Waals surface area contributed by atoms with Crippen LogP contribution in [0.2, 0.25) is 5.15 Å². The van der Waals surface area contributed by atoms with Gasteiger partial charge in [0.15, 0.2) is 0 Å². The molecule has 0 unspecified atom stereocenters. The number of nitrogens with zero attached hydrogens (tertiary/aromatic N) is 1. The molecule has 0 aliphatic carbocycles. The van der Waals surface area contributed by atoms with E-state index in [0.29, 0.717) is 4.73 Å². The standard InChI is InChI=1S/C6H6ClNO2/c7-6-3-1-2-5(4-9)8(6)10/h1-3,9H,4H2. The van der Waals surface area contributed by atoms with Crippen LogP contribution in [0, 0.1) is 5.21 Å². The Kier molecular flexibility index (Phi) is 2.09. The summed E-state index contributed by atoms with van der Waals surface area (Å²) in [5, 5.41) is 19.5. The van der Waals surface area contributed by atoms with Crippen LogP contribution in [0.1, 0.15) is 5.69 Å². The van der Waals surface area contributed by atoms with Gasteiger partial charge in [-0.3, -0.25) is 0 Å². The van der Waals surface area contributed by atoms with Crippen LogP contribution in [-0.2, 0) is 6.61 Å². The molecule has 1 heterocycles. The molecule has 0 saturated heterocycles. The number of halogens is 1. The maximum atomic E-state index is 10.8. The van der Waals surface area contributed by atoms with Gasteiger partial charge in [-0.1, -0.05) is 0 Å². The smallest absolute Gasteiger partial charge is 0.286 e. The van der Waals surface area contributed by atoms with Crippen LogP contribution < -0.4 is 4.73 Å². The Balaban J connectivity index is 3.14. The average molecular weight is 160 g/mol. The Morgan fingerprint density at radius 3 is 2.80 bits per heavy atom. The third kappa shape index (κ3) is 1.20. The van der Waals surface area contributed by atoms with E-state index in [-0.39, 0.29) is 17.5 Å². The van der Waals surface area contributed by atoms with Crippen molar-refractivity contribution >= 4 is 11.6 Å². The van der Waals surface area contributed by atoms with Crippen LogP contribution in [0.5, 0.6) is 0 Å². The highest BCUT2D eigenvalue weighted by molar-refractivity contribution is 6.28. The lowest BCUT2D eigenvalue weighted by Crippen LogP contribution is -2.32. The number of aliphatic hydroxyl groups excluding tert-OH is 1. The molecule has 10 heavy (non-hydrogen) atoms. The van der Waals surface area contributed by atoms with Gasteiger partial charge in [0.2, 0.25) is 5.69 Å². The number of hydrogen-bond donors (Lipinski definition) is 1. The molecule has 0 fully saturated rings. The molecule has 0 aromatic carbocycles. The monoisotopic (exact) mass is 159 g/mol. The van der Waals surface area contributed by atoms with Crippen molar-refractivity contribution in [2.75, 3.05) is 0 Å². The fourth-order valence-corrected chi connectivity index (χ4v) is 0.809. The van der Waals surface area contributed by atoms with Gasteiger partial charge in [0.1, 0.15) is 6.61 Å². The number of rotatable bonds is 1. The second kappa shape index (κ2) is 2.86. The van der Waals surface area contributed by atoms with Crippen molar-refractivity contribution in [3.8, 4) is 0 Å². The quantitative estimate of drug-likeness (QED) is 0.368. The Morgan fingerprint density at radius 1 is 1.60 bits per heavy atom. The van der Waals surface area contributed by atoms with E-state index in [4.69, 9.17) is 16.7 Å². The SMILES string of the molecule is [O-][n+]1c(Cl)cccc1CO. The molecule has 0 radical (unpaired) electrons. The molecule has 54 valence electrons. The molecule has 1 aromatic heterocycles. The van der Waals surface area contributed by atoms with Gasteiger partial charge in [-0.2, -0.15) is 4.73 Å². The zero-order valence-electron chi connectivity index (χ0n) is 5.12. The van der Waals surface area contributed by atoms with E-state index in [9.17, 15) is 5.21 Å². The molecule has 3 nitrogen and oxygen atoms in total. The molecule has 0 bridgehead atoms. The second-order valence-corrected chi connectivity index (χ2v) is 2.18. The van der Waals surface area contributed by atoms with Crippen molar-refractivity contribution < 1.29 is 9.84 Å². The number of pyridine rings is 1. The molecular formula is C6H6ClNO2. The van der Waals surface area contributed by atoms with E-state index in [1.807, 2.05) is 0 Å². The summed E-state index contributed by atoms with van der Waals surface area (Å²) >= 11 is 5.43. The summed E-state index contributed by atoms with van der Waals surface area (Å²) in [4.78, 5) is 0. The molecule has 1 aromatic rings. The van der Waals surface area contributed by atoms with Crippen LogP contribution in [0.25, 0.3) is 0 Å². The molecule has 0 aliphatic heterocycles. The lowest BCUT2D eigenvalue weighted by atomic mass is 10.4. The van der Waals surface area contributed by atoms with Gasteiger partial charge in [-0.05, 0) is 17.7 Å². The second-order valence-electron chi connectivity index (χ2n) is 1.79. The first-order valence-corrected chi connectivity index (χ1v) is 3.11. The molecule has 0 spiro atoms. The Labute approximate surface area is 63.1 Å². The summed E-state index contributed by atoms with van der Waals surface area (Å²) in [7, 11) is 0. The van der Waals surface area contributed by atoms with Crippen molar-refractivity contribution in [2.24, 2.45) is 0 Å². The highest BCUT2D eigenvalue weighted by atomic mass is 35.5. The fraction of sp³-hybridized carbons (Fsp3) is 0.167. The average Bonchev–Trinajstić information content (AvgIpc) is 1.95. The van der Waals surface area contributed by atoms with Crippen molar-refractivity contribution in [3.05, 3.63) is 34.3 Å². The minimum Gasteiger partial charge on any atom is -0.617 e. The van der Waals surface area contributed by atoms with Gasteiger partial charge in [-0.15, -0.1) is 0 Å². The summed E-state index contributed by atoms with van der Waals surface area (Å²) in [5.41, 5.74) is 0.257. The summed E-state index contributed by atoms with van der Waals surface area (Å²) in [6.45, 7) is -0.288. The van der Waals surface area contributed by atoms with Gasteiger partial charge in [0.25, 0.3) is 5.15 Å². The molecule has 0 aliphatic rings. The molecule has 0 amide bonds. The third-order valence-corrected chi connectivity index (χ3v) is 1.42. The predicted molar refractivity (Wildman–Crippen MR) is 36.3 cm³/mol. The fourth-order valence-electron chi connectivity index (χ4n) is 0.628. The minimum absolute atomic E-state index is 0.0755. The lowest BCUT2D eigenvalue weighted by molar-refractivity contribution is -0.614. The number of hydrogen-bond acceptors (Lipinski definition) is 2. The summed E-state index contributed by atoms with van der Waals surface area (Å²) in [6, 6.07) is 4.59. The van der Waals surface area contributed by atoms with E-state index in [1.165, 1.54) is 12.1 Å². The molecule has 1 N–H and O–H groups in total. The topological polar surface area (TPSA) is 47.2 Å². The zero-order chi connectivity index (χ0) is 7.56. The first-order chi connectivity index (χ1) is 4.75. The van der Waals surface area contributed by atoms with Crippen LogP contribution in [-0.4, -0.2) is 5.11 Å². The molecule has 4 heteroatoms. The van der Waals surface area contributed by atoms with Gasteiger partial charge < -0.3 is 10.3 Å². The van der Waals surface area contributed by atoms with Crippen LogP contribution >= 0.6 is 11.6 Å². The van der Waals surface area contributed by atoms with E-state index < -0.39 is 0 Å². The van der Waals surface area contributed by atoms with E-state index in [2.05, 4.69) is 0 Å². The molecule has 0 atom stereocenters. The van der Waals surface area contributed by atoms with Crippen molar-refractivity contribution in [1.82, 2.24) is 0 Å². The van der Waals surface area contributed by atoms with Crippen molar-refractivity contribution in [3.63, 3.8) is 0 Å². The Hall–Kier alpha value is -0.800. The van der Waals surface area contributed by atoms with Gasteiger partial charge in [0, 0.05) is 12.1 Å². The summed E-state index contributed by atoms with van der Waals surface area (Å²) < 4.78 is 0.488. The zero-order valence-corrected chi connectivity index (χ0v) is 5.88. The number of aliphatic hydroxyl groups is 1. The van der Waals surface area contributed by atoms with Crippen LogP contribution in [0.3, 0.4) is 0 Å². The summed E-state index contributed by atoms with van der Waals surface area (Å²) in [5.74, 6) is 0. The van der Waals surface area contributed by atoms with Crippen molar-refractivity contribution in [2.45, 2.75) is 6.61 Å². The molecule has 0 saturated carbocycles. The summed E-state index contributed by atoms with van der Waals surface area (Å²) in [6.07, 6.45) is 0. The highest BCUT2D eigenvalue weighted by Crippen LogP contribution is 2.01. The largest absolute Gasteiger partial charge is 0.617 e. The van der Waals surface area contributed by atoms with Gasteiger partial charge in [-0.25, -0.2) is 0 Å². The normalized spacial score (nSPS) is 9.80. The van der Waals surface area contributed by atoms with Crippen LogP contribution in [0.15, 0.2) is 18.2 Å². The first-order valence-electron chi connectivity index (χ1n) is 2.73. The highest BCUT2D eigenvalue weighted by Gasteiger charge is 2.05. The van der Waals surface area contributed by atoms with Gasteiger partial charge in [0.05, 0.1) is 0 Å². The third-order valence-electron chi connectivity index (χ3n) is 1.14. The van der Waals surface area contributed by atoms with E-state index in [0.717, 1.165) is 0 Å². The Morgan fingerprint density at radius 2 is 2.30 bits per heavy atom. The molecular weight excluding hydrogens is 154 g/mol. The molecule has 1 rings (SSSR count). The first kappa shape index (κ1) is 7.31. The van der Waals surface area contributed by atoms with E-state index in [1.54, 1.807) is 6.07 Å². The van der Waals surface area contributed by atoms with Crippen molar-refractivity contribution in [1.29, 1.82) is 0 Å². The van der Waals surface area contributed by atoms with Gasteiger partial charge >= 0.3 is 0 Å². The maximum absolute atomic E-state index is 10.8. The Bertz CT molecular complexity index is 239. The predicted octanol–water partition coefficient (Wildman–Crippen LogP) is 0.466. The lowest BCUT2D eigenvalue weighted by Gasteiger charge is -2.01. The van der Waals surface area contributed by atoms with E-state index >= 15 is 0 Å².